The van der Waals surface area contributed by atoms with E-state index in [9.17, 15) is 0 Å². The molecule has 0 aromatic carbocycles. The average Bonchev–Trinajstić information content (AvgIpc) is 2.35. The fourth-order valence-electron chi connectivity index (χ4n) is 2.07. The van der Waals surface area contributed by atoms with Crippen molar-refractivity contribution in [3.8, 4) is 0 Å². The van der Waals surface area contributed by atoms with Gasteiger partial charge in [0.25, 0.3) is 0 Å². The summed E-state index contributed by atoms with van der Waals surface area (Å²) in [6.07, 6.45) is 7.70. The molecular formula is C14H23ClN2. The topological polar surface area (TPSA) is 38.9 Å². The molecule has 0 bridgehead atoms. The van der Waals surface area contributed by atoms with Crippen LogP contribution in [0.25, 0.3) is 0 Å². The third kappa shape index (κ3) is 5.05. The van der Waals surface area contributed by atoms with E-state index < -0.39 is 0 Å². The van der Waals surface area contributed by atoms with Crippen molar-refractivity contribution >= 4 is 11.6 Å². The number of hydrogen-bond acceptors (Lipinski definition) is 2. The van der Waals surface area contributed by atoms with Gasteiger partial charge < -0.3 is 5.73 Å². The summed E-state index contributed by atoms with van der Waals surface area (Å²) in [7, 11) is 0. The lowest BCUT2D eigenvalue weighted by molar-refractivity contribution is 0.385. The highest BCUT2D eigenvalue weighted by molar-refractivity contribution is 6.30. The molecule has 1 aromatic heterocycles. The number of halogens is 1. The fraction of sp³-hybridized carbons (Fsp3) is 0.643. The second-order valence-corrected chi connectivity index (χ2v) is 5.10. The third-order valence-electron chi connectivity index (χ3n) is 3.26. The maximum atomic E-state index is 6.19. The second-order valence-electron chi connectivity index (χ2n) is 4.66. The number of hydrogen-bond donors (Lipinski definition) is 1. The van der Waals surface area contributed by atoms with Crippen LogP contribution in [0.3, 0.4) is 0 Å². The number of nitrogens with zero attached hydrogens (tertiary/aromatic N) is 1. The van der Waals surface area contributed by atoms with Gasteiger partial charge in [-0.25, -0.2) is 0 Å². The van der Waals surface area contributed by atoms with E-state index in [1.54, 1.807) is 6.20 Å². The Kier molecular flexibility index (Phi) is 6.53. The summed E-state index contributed by atoms with van der Waals surface area (Å²) in [6.45, 7) is 4.47. The highest BCUT2D eigenvalue weighted by Crippen LogP contribution is 2.24. The standard InChI is InChI=1S/C14H23ClN2/c1-3-5-6-11(4-2)9-13(16)14-8-7-12(15)10-17-14/h7-8,10-11,13H,3-6,9,16H2,1-2H3. The molecule has 3 heteroatoms. The van der Waals surface area contributed by atoms with Gasteiger partial charge >= 0.3 is 0 Å². The highest BCUT2D eigenvalue weighted by atomic mass is 35.5. The third-order valence-corrected chi connectivity index (χ3v) is 3.48. The molecule has 1 aromatic rings. The Balaban J connectivity index is 2.51. The van der Waals surface area contributed by atoms with Crippen molar-refractivity contribution in [1.82, 2.24) is 4.98 Å². The van der Waals surface area contributed by atoms with Crippen LogP contribution in [0.5, 0.6) is 0 Å². The lowest BCUT2D eigenvalue weighted by Crippen LogP contribution is -2.16. The van der Waals surface area contributed by atoms with Gasteiger partial charge in [-0.2, -0.15) is 0 Å². The predicted octanol–water partition coefficient (Wildman–Crippen LogP) is 4.34. The maximum absolute atomic E-state index is 6.19. The number of unbranched alkanes of at least 4 members (excludes halogenated alkanes) is 1. The van der Waals surface area contributed by atoms with E-state index >= 15 is 0 Å². The van der Waals surface area contributed by atoms with Crippen molar-refractivity contribution in [2.45, 2.75) is 52.0 Å². The minimum Gasteiger partial charge on any atom is -0.323 e. The quantitative estimate of drug-likeness (QED) is 0.786. The molecule has 17 heavy (non-hydrogen) atoms. The van der Waals surface area contributed by atoms with Gasteiger partial charge in [-0.3, -0.25) is 4.98 Å². The van der Waals surface area contributed by atoms with E-state index in [0.717, 1.165) is 12.1 Å². The molecule has 0 aliphatic heterocycles. The smallest absolute Gasteiger partial charge is 0.0589 e. The fourth-order valence-corrected chi connectivity index (χ4v) is 2.18. The highest BCUT2D eigenvalue weighted by Gasteiger charge is 2.14. The largest absolute Gasteiger partial charge is 0.323 e. The maximum Gasteiger partial charge on any atom is 0.0589 e. The van der Waals surface area contributed by atoms with Crippen molar-refractivity contribution in [3.05, 3.63) is 29.0 Å². The first-order valence-electron chi connectivity index (χ1n) is 6.54. The van der Waals surface area contributed by atoms with Gasteiger partial charge in [-0.1, -0.05) is 51.1 Å². The van der Waals surface area contributed by atoms with Crippen LogP contribution in [0.1, 0.15) is 57.7 Å². The molecule has 0 amide bonds. The summed E-state index contributed by atoms with van der Waals surface area (Å²) in [5.41, 5.74) is 7.14. The Morgan fingerprint density at radius 3 is 2.65 bits per heavy atom. The Labute approximate surface area is 110 Å². The Morgan fingerprint density at radius 2 is 2.12 bits per heavy atom. The van der Waals surface area contributed by atoms with E-state index in [0.29, 0.717) is 10.9 Å². The number of rotatable bonds is 7. The number of pyridine rings is 1. The van der Waals surface area contributed by atoms with E-state index in [-0.39, 0.29) is 6.04 Å². The van der Waals surface area contributed by atoms with Crippen LogP contribution in [-0.4, -0.2) is 4.98 Å². The van der Waals surface area contributed by atoms with Gasteiger partial charge in [0.1, 0.15) is 0 Å². The van der Waals surface area contributed by atoms with Crippen molar-refractivity contribution in [2.75, 3.05) is 0 Å². The first-order chi connectivity index (χ1) is 8.17. The van der Waals surface area contributed by atoms with E-state index in [1.807, 2.05) is 12.1 Å². The summed E-state index contributed by atoms with van der Waals surface area (Å²) in [5, 5.41) is 0.666. The van der Waals surface area contributed by atoms with Crippen LogP contribution in [0.15, 0.2) is 18.3 Å². The molecule has 2 atom stereocenters. The van der Waals surface area contributed by atoms with Gasteiger partial charge in [0.2, 0.25) is 0 Å². The molecule has 2 unspecified atom stereocenters. The zero-order valence-electron chi connectivity index (χ0n) is 10.8. The zero-order chi connectivity index (χ0) is 12.7. The Hall–Kier alpha value is -0.600. The van der Waals surface area contributed by atoms with Crippen molar-refractivity contribution in [1.29, 1.82) is 0 Å². The summed E-state index contributed by atoms with van der Waals surface area (Å²) >= 11 is 5.81. The molecule has 2 N–H and O–H groups in total. The molecule has 2 nitrogen and oxygen atoms in total. The van der Waals surface area contributed by atoms with E-state index in [2.05, 4.69) is 18.8 Å². The summed E-state index contributed by atoms with van der Waals surface area (Å²) in [5.74, 6) is 0.711. The van der Waals surface area contributed by atoms with Crippen LogP contribution < -0.4 is 5.73 Å². The predicted molar refractivity (Wildman–Crippen MR) is 74.1 cm³/mol. The molecule has 0 spiro atoms. The van der Waals surface area contributed by atoms with Crippen molar-refractivity contribution in [2.24, 2.45) is 11.7 Å². The molecule has 0 saturated carbocycles. The van der Waals surface area contributed by atoms with Gasteiger partial charge in [0.05, 0.1) is 10.7 Å². The molecule has 0 aliphatic carbocycles. The van der Waals surface area contributed by atoms with E-state index in [4.69, 9.17) is 17.3 Å². The molecule has 96 valence electrons. The SMILES string of the molecule is CCCCC(CC)CC(N)c1ccc(Cl)cn1. The molecular weight excluding hydrogens is 232 g/mol. The second kappa shape index (κ2) is 7.67. The molecule has 0 fully saturated rings. The lowest BCUT2D eigenvalue weighted by Gasteiger charge is -2.19. The monoisotopic (exact) mass is 254 g/mol. The van der Waals surface area contributed by atoms with Gasteiger partial charge in [0.15, 0.2) is 0 Å². The van der Waals surface area contributed by atoms with Crippen molar-refractivity contribution in [3.63, 3.8) is 0 Å². The van der Waals surface area contributed by atoms with Crippen LogP contribution in [0, 0.1) is 5.92 Å². The van der Waals surface area contributed by atoms with Gasteiger partial charge in [0, 0.05) is 12.2 Å². The summed E-state index contributed by atoms with van der Waals surface area (Å²) in [4.78, 5) is 4.29. The normalized spacial score (nSPS) is 14.6. The zero-order valence-corrected chi connectivity index (χ0v) is 11.6. The van der Waals surface area contributed by atoms with Gasteiger partial charge in [-0.05, 0) is 24.5 Å². The van der Waals surface area contributed by atoms with E-state index in [1.165, 1.54) is 25.7 Å². The first kappa shape index (κ1) is 14.5. The number of aromatic nitrogens is 1. The molecule has 1 heterocycles. The van der Waals surface area contributed by atoms with Crippen LogP contribution in [0.4, 0.5) is 0 Å². The first-order valence-corrected chi connectivity index (χ1v) is 6.92. The minimum atomic E-state index is 0.0362. The summed E-state index contributed by atoms with van der Waals surface area (Å²) < 4.78 is 0. The Morgan fingerprint density at radius 1 is 1.35 bits per heavy atom. The summed E-state index contributed by atoms with van der Waals surface area (Å²) in [6, 6.07) is 3.82. The molecule has 0 aliphatic rings. The lowest BCUT2D eigenvalue weighted by atomic mass is 9.91. The average molecular weight is 255 g/mol. The molecule has 0 saturated heterocycles. The van der Waals surface area contributed by atoms with Crippen LogP contribution in [-0.2, 0) is 0 Å². The number of nitrogens with two attached hydrogens (primary N) is 1. The van der Waals surface area contributed by atoms with Crippen LogP contribution >= 0.6 is 11.6 Å². The Bertz CT molecular complexity index is 311. The minimum absolute atomic E-state index is 0.0362. The van der Waals surface area contributed by atoms with Gasteiger partial charge in [-0.15, -0.1) is 0 Å². The van der Waals surface area contributed by atoms with Crippen molar-refractivity contribution < 1.29 is 0 Å². The van der Waals surface area contributed by atoms with Crippen LogP contribution in [0.2, 0.25) is 5.02 Å². The molecule has 0 radical (unpaired) electrons. The molecule has 1 rings (SSSR count).